The Morgan fingerprint density at radius 1 is 0.522 bits per heavy atom. The van der Waals surface area contributed by atoms with Crippen LogP contribution in [0, 0.1) is 0 Å². The second-order valence-corrected chi connectivity index (χ2v) is 11.4. The number of anilines is 2. The smallest absolute Gasteiger partial charge is 0.238 e. The third-order valence-corrected chi connectivity index (χ3v) is 7.53. The summed E-state index contributed by atoms with van der Waals surface area (Å²) < 4.78 is 0. The molecule has 9 heteroatoms. The number of ketones is 2. The average Bonchev–Trinajstić information content (AvgIpc) is 3.07. The zero-order valence-electron chi connectivity index (χ0n) is 24.6. The molecule has 0 aliphatic heterocycles. The SMILES string of the molecule is O=C(CN(CC(=O)Nc1ccc(Cl)cc1C(=O)c1ccccc1)Cc1ccccc1)Nc1ccc(Cl)cc1C(=O)c1ccccc1. The van der Waals surface area contributed by atoms with Crippen molar-refractivity contribution in [3.05, 3.63) is 165 Å². The number of nitrogens with one attached hydrogen (secondary N) is 2. The van der Waals surface area contributed by atoms with Crippen LogP contribution >= 0.6 is 23.2 Å². The van der Waals surface area contributed by atoms with Crippen molar-refractivity contribution in [1.82, 2.24) is 4.90 Å². The zero-order valence-corrected chi connectivity index (χ0v) is 26.1. The summed E-state index contributed by atoms with van der Waals surface area (Å²) in [7, 11) is 0. The van der Waals surface area contributed by atoms with Gasteiger partial charge in [0.2, 0.25) is 11.8 Å². The van der Waals surface area contributed by atoms with E-state index in [-0.39, 0.29) is 42.3 Å². The van der Waals surface area contributed by atoms with Crippen LogP contribution in [0.3, 0.4) is 0 Å². The van der Waals surface area contributed by atoms with Crippen LogP contribution < -0.4 is 10.6 Å². The molecule has 5 aromatic rings. The highest BCUT2D eigenvalue weighted by molar-refractivity contribution is 6.32. The summed E-state index contributed by atoms with van der Waals surface area (Å²) in [6.07, 6.45) is 0. The van der Waals surface area contributed by atoms with Gasteiger partial charge in [0.15, 0.2) is 11.6 Å². The first-order valence-corrected chi connectivity index (χ1v) is 15.2. The number of hydrogen-bond donors (Lipinski definition) is 2. The Kier molecular flexibility index (Phi) is 10.7. The molecule has 0 heterocycles. The van der Waals surface area contributed by atoms with Crippen LogP contribution in [0.4, 0.5) is 11.4 Å². The minimum atomic E-state index is -0.431. The van der Waals surface area contributed by atoms with Crippen LogP contribution in [-0.4, -0.2) is 41.4 Å². The minimum absolute atomic E-state index is 0.166. The minimum Gasteiger partial charge on any atom is -0.324 e. The van der Waals surface area contributed by atoms with Crippen LogP contribution in [-0.2, 0) is 16.1 Å². The summed E-state index contributed by atoms with van der Waals surface area (Å²) in [6.45, 7) is -0.0464. The fraction of sp³-hybridized carbons (Fsp3) is 0.0811. The van der Waals surface area contributed by atoms with Gasteiger partial charge in [-0.15, -0.1) is 0 Å². The molecule has 46 heavy (non-hydrogen) atoms. The van der Waals surface area contributed by atoms with Gasteiger partial charge in [-0.2, -0.15) is 0 Å². The Bertz CT molecular complexity index is 1750. The van der Waals surface area contributed by atoms with E-state index in [0.717, 1.165) is 5.56 Å². The first-order valence-electron chi connectivity index (χ1n) is 14.4. The van der Waals surface area contributed by atoms with Crippen molar-refractivity contribution in [1.29, 1.82) is 0 Å². The van der Waals surface area contributed by atoms with E-state index in [4.69, 9.17) is 23.2 Å². The van der Waals surface area contributed by atoms with Crippen molar-refractivity contribution in [2.24, 2.45) is 0 Å². The Morgan fingerprint density at radius 2 is 0.913 bits per heavy atom. The number of amides is 2. The maximum absolute atomic E-state index is 13.4. The van der Waals surface area contributed by atoms with E-state index < -0.39 is 11.8 Å². The van der Waals surface area contributed by atoms with E-state index in [1.165, 1.54) is 12.1 Å². The van der Waals surface area contributed by atoms with Crippen LogP contribution in [0.1, 0.15) is 37.4 Å². The van der Waals surface area contributed by atoms with Gasteiger partial charge in [-0.05, 0) is 42.0 Å². The number of nitrogens with zero attached hydrogens (tertiary/aromatic N) is 1. The summed E-state index contributed by atoms with van der Waals surface area (Å²) in [5.41, 5.74) is 2.90. The molecule has 5 rings (SSSR count). The molecule has 0 aromatic heterocycles. The normalized spacial score (nSPS) is 10.8. The van der Waals surface area contributed by atoms with Gasteiger partial charge in [0.05, 0.1) is 24.5 Å². The Hall–Kier alpha value is -5.08. The van der Waals surface area contributed by atoms with Crippen molar-refractivity contribution in [2.75, 3.05) is 23.7 Å². The summed E-state index contributed by atoms with van der Waals surface area (Å²) in [4.78, 5) is 55.0. The third-order valence-electron chi connectivity index (χ3n) is 7.06. The predicted octanol–water partition coefficient (Wildman–Crippen LogP) is 7.53. The van der Waals surface area contributed by atoms with Gasteiger partial charge in [0.25, 0.3) is 0 Å². The second-order valence-electron chi connectivity index (χ2n) is 10.5. The Morgan fingerprint density at radius 3 is 1.33 bits per heavy atom. The lowest BCUT2D eigenvalue weighted by atomic mass is 10.0. The number of halogens is 2. The number of carbonyl (C=O) groups excluding carboxylic acids is 4. The lowest BCUT2D eigenvalue weighted by Crippen LogP contribution is -2.38. The Balaban J connectivity index is 1.34. The van der Waals surface area contributed by atoms with Crippen LogP contribution in [0.5, 0.6) is 0 Å². The number of carbonyl (C=O) groups is 4. The van der Waals surface area contributed by atoms with E-state index in [1.54, 1.807) is 77.7 Å². The molecule has 0 bridgehead atoms. The molecule has 0 saturated carbocycles. The maximum atomic E-state index is 13.4. The van der Waals surface area contributed by atoms with E-state index in [0.29, 0.717) is 32.5 Å². The first-order chi connectivity index (χ1) is 22.3. The van der Waals surface area contributed by atoms with E-state index in [2.05, 4.69) is 10.6 Å². The summed E-state index contributed by atoms with van der Waals surface area (Å²) in [6, 6.07) is 36.2. The number of benzene rings is 5. The van der Waals surface area contributed by atoms with Crippen LogP contribution in [0.2, 0.25) is 10.0 Å². The van der Waals surface area contributed by atoms with Gasteiger partial charge >= 0.3 is 0 Å². The molecule has 0 aliphatic rings. The largest absolute Gasteiger partial charge is 0.324 e. The molecule has 0 saturated heterocycles. The maximum Gasteiger partial charge on any atom is 0.238 e. The molecule has 0 atom stereocenters. The molecule has 0 radical (unpaired) electrons. The Labute approximate surface area is 276 Å². The highest BCUT2D eigenvalue weighted by atomic mass is 35.5. The lowest BCUT2D eigenvalue weighted by molar-refractivity contribution is -0.120. The predicted molar refractivity (Wildman–Crippen MR) is 182 cm³/mol. The van der Waals surface area contributed by atoms with Crippen LogP contribution in [0.15, 0.2) is 127 Å². The van der Waals surface area contributed by atoms with Gasteiger partial charge in [-0.25, -0.2) is 0 Å². The summed E-state index contributed by atoms with van der Waals surface area (Å²) in [5, 5.41) is 6.36. The van der Waals surface area contributed by atoms with Gasteiger partial charge < -0.3 is 10.6 Å². The number of rotatable bonds is 12. The van der Waals surface area contributed by atoms with Gasteiger partial charge in [0.1, 0.15) is 0 Å². The molecule has 7 nitrogen and oxygen atoms in total. The third kappa shape index (κ3) is 8.55. The van der Waals surface area contributed by atoms with E-state index >= 15 is 0 Å². The van der Waals surface area contributed by atoms with Crippen molar-refractivity contribution >= 4 is 58.0 Å². The fourth-order valence-corrected chi connectivity index (χ4v) is 5.26. The van der Waals surface area contributed by atoms with Gasteiger partial charge in [-0.3, -0.25) is 24.1 Å². The number of hydrogen-bond acceptors (Lipinski definition) is 5. The van der Waals surface area contributed by atoms with Crippen molar-refractivity contribution in [3.63, 3.8) is 0 Å². The molecule has 0 fully saturated rings. The van der Waals surface area contributed by atoms with Crippen molar-refractivity contribution in [2.45, 2.75) is 6.54 Å². The first kappa shape index (κ1) is 32.3. The average molecular weight is 651 g/mol. The van der Waals surface area contributed by atoms with Crippen molar-refractivity contribution in [3.8, 4) is 0 Å². The quantitative estimate of drug-likeness (QED) is 0.136. The molecule has 5 aromatic carbocycles. The second kappa shape index (κ2) is 15.3. The van der Waals surface area contributed by atoms with E-state index in [9.17, 15) is 19.2 Å². The molecule has 0 spiro atoms. The van der Waals surface area contributed by atoms with Crippen LogP contribution in [0.25, 0.3) is 0 Å². The molecule has 2 amide bonds. The van der Waals surface area contributed by atoms with Crippen molar-refractivity contribution < 1.29 is 19.2 Å². The molecule has 230 valence electrons. The standard InChI is InChI=1S/C37H29Cl2N3O4/c38-28-16-18-32(30(20-28)36(45)26-12-6-2-7-13-26)40-34(43)23-42(22-25-10-4-1-5-11-25)24-35(44)41-33-19-17-29(39)21-31(33)37(46)27-14-8-3-9-15-27/h1-21H,22-24H2,(H,40,43)(H,41,44). The summed E-state index contributed by atoms with van der Waals surface area (Å²) >= 11 is 12.4. The zero-order chi connectivity index (χ0) is 32.5. The highest BCUT2D eigenvalue weighted by Crippen LogP contribution is 2.25. The highest BCUT2D eigenvalue weighted by Gasteiger charge is 2.21. The molecule has 0 unspecified atom stereocenters. The molecular formula is C37H29Cl2N3O4. The molecule has 0 aliphatic carbocycles. The summed E-state index contributed by atoms with van der Waals surface area (Å²) in [5.74, 6) is -1.44. The topological polar surface area (TPSA) is 95.6 Å². The molecular weight excluding hydrogens is 621 g/mol. The fourth-order valence-electron chi connectivity index (χ4n) is 4.91. The molecule has 2 N–H and O–H groups in total. The van der Waals surface area contributed by atoms with Gasteiger partial charge in [0, 0.05) is 38.8 Å². The van der Waals surface area contributed by atoms with Gasteiger partial charge in [-0.1, -0.05) is 114 Å². The monoisotopic (exact) mass is 649 g/mol. The van der Waals surface area contributed by atoms with E-state index in [1.807, 2.05) is 42.5 Å². The lowest BCUT2D eigenvalue weighted by Gasteiger charge is -2.22.